The van der Waals surface area contributed by atoms with E-state index in [4.69, 9.17) is 5.11 Å². The first-order valence-corrected chi connectivity index (χ1v) is 5.78. The maximum Gasteiger partial charge on any atom is 0.304 e. The Labute approximate surface area is 97.4 Å². The molecule has 0 aliphatic rings. The zero-order valence-electron chi connectivity index (χ0n) is 10.7. The van der Waals surface area contributed by atoms with Crippen molar-refractivity contribution in [1.82, 2.24) is 5.32 Å². The monoisotopic (exact) mass is 229 g/mol. The molecule has 0 heterocycles. The van der Waals surface area contributed by atoms with E-state index < -0.39 is 11.9 Å². The molecule has 0 bridgehead atoms. The van der Waals surface area contributed by atoms with Crippen LogP contribution in [0.5, 0.6) is 0 Å². The molecule has 0 saturated heterocycles. The van der Waals surface area contributed by atoms with Crippen molar-refractivity contribution < 1.29 is 14.7 Å². The normalized spacial score (nSPS) is 13.2. The quantitative estimate of drug-likeness (QED) is 0.685. The lowest BCUT2D eigenvalue weighted by molar-refractivity contribution is -0.143. The minimum Gasteiger partial charge on any atom is -0.481 e. The van der Waals surface area contributed by atoms with Crippen LogP contribution in [-0.4, -0.2) is 23.5 Å². The van der Waals surface area contributed by atoms with E-state index in [0.717, 1.165) is 12.8 Å². The third-order valence-corrected chi connectivity index (χ3v) is 2.57. The molecule has 0 spiro atoms. The first-order chi connectivity index (χ1) is 7.29. The fourth-order valence-corrected chi connectivity index (χ4v) is 1.48. The van der Waals surface area contributed by atoms with Gasteiger partial charge in [0.05, 0.1) is 12.3 Å². The van der Waals surface area contributed by atoms with Crippen molar-refractivity contribution in [3.63, 3.8) is 0 Å². The second kappa shape index (κ2) is 6.51. The highest BCUT2D eigenvalue weighted by atomic mass is 16.4. The van der Waals surface area contributed by atoms with Gasteiger partial charge in [0, 0.05) is 6.54 Å². The lowest BCUT2D eigenvalue weighted by atomic mass is 9.78. The summed E-state index contributed by atoms with van der Waals surface area (Å²) in [4.78, 5) is 22.5. The van der Waals surface area contributed by atoms with Gasteiger partial charge >= 0.3 is 5.97 Å². The average molecular weight is 229 g/mol. The highest BCUT2D eigenvalue weighted by Crippen LogP contribution is 2.28. The second-order valence-corrected chi connectivity index (χ2v) is 5.16. The molecule has 94 valence electrons. The third-order valence-electron chi connectivity index (χ3n) is 2.57. The first kappa shape index (κ1) is 14.9. The Balaban J connectivity index is 4.39. The summed E-state index contributed by atoms with van der Waals surface area (Å²) in [5.41, 5.74) is -0.325. The van der Waals surface area contributed by atoms with E-state index in [1.807, 2.05) is 27.7 Å². The topological polar surface area (TPSA) is 66.4 Å². The number of rotatable bonds is 6. The van der Waals surface area contributed by atoms with Crippen LogP contribution in [0.15, 0.2) is 0 Å². The highest BCUT2D eigenvalue weighted by molar-refractivity contribution is 5.83. The van der Waals surface area contributed by atoms with Crippen LogP contribution in [0, 0.1) is 11.3 Å². The molecule has 0 aliphatic heterocycles. The van der Waals surface area contributed by atoms with E-state index in [2.05, 4.69) is 5.32 Å². The van der Waals surface area contributed by atoms with Crippen LogP contribution in [0.1, 0.15) is 47.0 Å². The Bertz CT molecular complexity index is 243. The number of hydrogen-bond acceptors (Lipinski definition) is 2. The van der Waals surface area contributed by atoms with Gasteiger partial charge in [0.2, 0.25) is 5.91 Å². The maximum absolute atomic E-state index is 11.8. The summed E-state index contributed by atoms with van der Waals surface area (Å²) >= 11 is 0. The van der Waals surface area contributed by atoms with Gasteiger partial charge < -0.3 is 10.4 Å². The number of aliphatic carboxylic acids is 1. The number of nitrogens with one attached hydrogen (secondary N) is 1. The zero-order chi connectivity index (χ0) is 12.8. The molecular weight excluding hydrogens is 206 g/mol. The number of carboxylic acids is 1. The van der Waals surface area contributed by atoms with Crippen LogP contribution < -0.4 is 5.32 Å². The molecule has 0 fully saturated rings. The van der Waals surface area contributed by atoms with Crippen molar-refractivity contribution in [3.05, 3.63) is 0 Å². The van der Waals surface area contributed by atoms with Gasteiger partial charge in [-0.05, 0) is 11.8 Å². The number of unbranched alkanes of at least 4 members (excludes halogenated alkanes) is 1. The van der Waals surface area contributed by atoms with E-state index in [-0.39, 0.29) is 17.7 Å². The van der Waals surface area contributed by atoms with E-state index in [0.29, 0.717) is 6.54 Å². The van der Waals surface area contributed by atoms with Crippen molar-refractivity contribution in [2.24, 2.45) is 11.3 Å². The SMILES string of the molecule is CCCCNC(=O)C(CC(=O)O)C(C)(C)C. The van der Waals surface area contributed by atoms with Crippen molar-refractivity contribution in [3.8, 4) is 0 Å². The number of amides is 1. The number of carbonyl (C=O) groups excluding carboxylic acids is 1. The summed E-state index contributed by atoms with van der Waals surface area (Å²) in [5, 5.41) is 11.6. The van der Waals surface area contributed by atoms with Crippen molar-refractivity contribution in [2.45, 2.75) is 47.0 Å². The lowest BCUT2D eigenvalue weighted by Crippen LogP contribution is -2.39. The predicted molar refractivity (Wildman–Crippen MR) is 63.1 cm³/mol. The van der Waals surface area contributed by atoms with Gasteiger partial charge in [-0.2, -0.15) is 0 Å². The van der Waals surface area contributed by atoms with E-state index in [1.54, 1.807) is 0 Å². The molecule has 0 aliphatic carbocycles. The van der Waals surface area contributed by atoms with Gasteiger partial charge in [0.15, 0.2) is 0 Å². The molecule has 4 nitrogen and oxygen atoms in total. The predicted octanol–water partition coefficient (Wildman–Crippen LogP) is 2.04. The Morgan fingerprint density at radius 2 is 1.88 bits per heavy atom. The Morgan fingerprint density at radius 3 is 2.25 bits per heavy atom. The fourth-order valence-electron chi connectivity index (χ4n) is 1.48. The van der Waals surface area contributed by atoms with Gasteiger partial charge in [0.1, 0.15) is 0 Å². The van der Waals surface area contributed by atoms with Gasteiger partial charge in [-0.25, -0.2) is 0 Å². The van der Waals surface area contributed by atoms with Gasteiger partial charge in [0.25, 0.3) is 0 Å². The summed E-state index contributed by atoms with van der Waals surface area (Å²) in [6.45, 7) is 8.34. The maximum atomic E-state index is 11.8. The standard InChI is InChI=1S/C12H23NO3/c1-5-6-7-13-11(16)9(8-10(14)15)12(2,3)4/h9H,5-8H2,1-4H3,(H,13,16)(H,14,15). The van der Waals surface area contributed by atoms with Crippen molar-refractivity contribution >= 4 is 11.9 Å². The summed E-state index contributed by atoms with van der Waals surface area (Å²) in [7, 11) is 0. The molecule has 0 rings (SSSR count). The minimum atomic E-state index is -0.925. The minimum absolute atomic E-state index is 0.110. The van der Waals surface area contributed by atoms with Crippen LogP contribution >= 0.6 is 0 Å². The van der Waals surface area contributed by atoms with Gasteiger partial charge in [-0.1, -0.05) is 34.1 Å². The smallest absolute Gasteiger partial charge is 0.304 e. The number of carboxylic acid groups (broad SMARTS) is 1. The van der Waals surface area contributed by atoms with E-state index in [1.165, 1.54) is 0 Å². The van der Waals surface area contributed by atoms with Crippen LogP contribution in [0.25, 0.3) is 0 Å². The van der Waals surface area contributed by atoms with E-state index in [9.17, 15) is 9.59 Å². The molecule has 1 atom stereocenters. The molecule has 0 saturated carbocycles. The molecule has 0 radical (unpaired) electrons. The second-order valence-electron chi connectivity index (χ2n) is 5.16. The Morgan fingerprint density at radius 1 is 1.31 bits per heavy atom. The summed E-state index contributed by atoms with van der Waals surface area (Å²) < 4.78 is 0. The van der Waals surface area contributed by atoms with Crippen molar-refractivity contribution in [1.29, 1.82) is 0 Å². The molecule has 2 N–H and O–H groups in total. The molecule has 0 aromatic rings. The Kier molecular flexibility index (Phi) is 6.08. The number of carbonyl (C=O) groups is 2. The van der Waals surface area contributed by atoms with Crippen LogP contribution in [0.2, 0.25) is 0 Å². The Hall–Kier alpha value is -1.06. The van der Waals surface area contributed by atoms with Crippen LogP contribution in [0.3, 0.4) is 0 Å². The van der Waals surface area contributed by atoms with Crippen LogP contribution in [-0.2, 0) is 9.59 Å². The highest BCUT2D eigenvalue weighted by Gasteiger charge is 2.32. The fraction of sp³-hybridized carbons (Fsp3) is 0.833. The van der Waals surface area contributed by atoms with Crippen molar-refractivity contribution in [2.75, 3.05) is 6.54 Å². The summed E-state index contributed by atoms with van der Waals surface area (Å²) in [6.07, 6.45) is 1.83. The van der Waals surface area contributed by atoms with Crippen LogP contribution in [0.4, 0.5) is 0 Å². The summed E-state index contributed by atoms with van der Waals surface area (Å²) in [5.74, 6) is -1.55. The average Bonchev–Trinajstić information content (AvgIpc) is 2.12. The largest absolute Gasteiger partial charge is 0.481 e. The molecular formula is C12H23NO3. The molecule has 0 aromatic heterocycles. The molecule has 1 unspecified atom stereocenters. The zero-order valence-corrected chi connectivity index (χ0v) is 10.7. The molecule has 4 heteroatoms. The van der Waals surface area contributed by atoms with Gasteiger partial charge in [-0.15, -0.1) is 0 Å². The molecule has 0 aromatic carbocycles. The molecule has 16 heavy (non-hydrogen) atoms. The van der Waals surface area contributed by atoms with Gasteiger partial charge in [-0.3, -0.25) is 9.59 Å². The lowest BCUT2D eigenvalue weighted by Gasteiger charge is -2.28. The molecule has 1 amide bonds. The number of hydrogen-bond donors (Lipinski definition) is 2. The third kappa shape index (κ3) is 5.73. The first-order valence-electron chi connectivity index (χ1n) is 5.78. The van der Waals surface area contributed by atoms with E-state index >= 15 is 0 Å². The summed E-state index contributed by atoms with van der Waals surface area (Å²) in [6, 6.07) is 0.